The number of rotatable bonds is 7. The largest absolute Gasteiger partial charge is 0.496 e. The van der Waals surface area contributed by atoms with Gasteiger partial charge in [-0.3, -0.25) is 9.69 Å². The minimum Gasteiger partial charge on any atom is -0.496 e. The van der Waals surface area contributed by atoms with Crippen LogP contribution in [0.4, 0.5) is 5.69 Å². The van der Waals surface area contributed by atoms with Gasteiger partial charge in [-0.15, -0.1) is 10.2 Å². The minimum atomic E-state index is -1.00. The molecule has 1 atom stereocenters. The van der Waals surface area contributed by atoms with Crippen molar-refractivity contribution in [3.63, 3.8) is 0 Å². The van der Waals surface area contributed by atoms with Crippen molar-refractivity contribution in [2.75, 3.05) is 26.2 Å². The lowest BCUT2D eigenvalue weighted by Crippen LogP contribution is -2.36. The van der Waals surface area contributed by atoms with Crippen molar-refractivity contribution in [2.45, 2.75) is 24.1 Å². The van der Waals surface area contributed by atoms with E-state index in [4.69, 9.17) is 35.5 Å². The zero-order valence-corrected chi connectivity index (χ0v) is 23.2. The minimum absolute atomic E-state index is 0.216. The Kier molecular flexibility index (Phi) is 7.76. The molecular formula is C28H25ClN4O5S. The average Bonchev–Trinajstić information content (AvgIpc) is 3.10. The third-order valence-electron chi connectivity index (χ3n) is 6.17. The number of amides is 1. The molecule has 1 aliphatic rings. The third kappa shape index (κ3) is 5.17. The van der Waals surface area contributed by atoms with E-state index >= 15 is 0 Å². The molecule has 1 aliphatic heterocycles. The van der Waals surface area contributed by atoms with Gasteiger partial charge in [-0.1, -0.05) is 59.8 Å². The molecule has 0 saturated carbocycles. The van der Waals surface area contributed by atoms with Crippen molar-refractivity contribution in [3.8, 4) is 34.4 Å². The molecule has 2 heterocycles. The number of aromatic nitrogens is 3. The second-order valence-electron chi connectivity index (χ2n) is 8.45. The number of nitrogens with zero attached hydrogens (tertiary/aromatic N) is 4. The number of methoxy groups -OCH3 is 3. The van der Waals surface area contributed by atoms with Crippen LogP contribution in [0.15, 0.2) is 65.8 Å². The highest BCUT2D eigenvalue weighted by Gasteiger charge is 2.38. The molecule has 0 radical (unpaired) electrons. The maximum Gasteiger partial charge on any atom is 0.247 e. The number of benzene rings is 3. The van der Waals surface area contributed by atoms with Crippen molar-refractivity contribution >= 4 is 35.0 Å². The Hall–Kier alpha value is -4.02. The van der Waals surface area contributed by atoms with E-state index in [1.807, 2.05) is 48.5 Å². The SMILES string of the molecule is COc1cc(OC)c(C2Oc3nc(SCc4ccccc4Cl)nnc3-c3ccccc3N2C(C)=O)c(OC)c1. The van der Waals surface area contributed by atoms with E-state index in [0.29, 0.717) is 55.7 Å². The number of halogens is 1. The fraction of sp³-hybridized carbons (Fsp3) is 0.214. The van der Waals surface area contributed by atoms with Crippen LogP contribution in [-0.2, 0) is 10.5 Å². The van der Waals surface area contributed by atoms with Gasteiger partial charge in [-0.25, -0.2) is 0 Å². The Balaban J connectivity index is 1.65. The van der Waals surface area contributed by atoms with Crippen LogP contribution >= 0.6 is 23.4 Å². The van der Waals surface area contributed by atoms with Gasteiger partial charge in [0.1, 0.15) is 17.2 Å². The highest BCUT2D eigenvalue weighted by Crippen LogP contribution is 2.48. The lowest BCUT2D eigenvalue weighted by atomic mass is 10.1. The number of fused-ring (bicyclic) bond motifs is 3. The lowest BCUT2D eigenvalue weighted by molar-refractivity contribution is -0.118. The summed E-state index contributed by atoms with van der Waals surface area (Å²) < 4.78 is 23.4. The Bertz CT molecular complexity index is 1510. The van der Waals surface area contributed by atoms with Gasteiger partial charge in [-0.05, 0) is 17.7 Å². The van der Waals surface area contributed by atoms with Gasteiger partial charge in [0.15, 0.2) is 5.69 Å². The van der Waals surface area contributed by atoms with Crippen LogP contribution in [0.25, 0.3) is 11.3 Å². The summed E-state index contributed by atoms with van der Waals surface area (Å²) in [7, 11) is 4.61. The summed E-state index contributed by atoms with van der Waals surface area (Å²) >= 11 is 7.71. The monoisotopic (exact) mass is 564 g/mol. The Morgan fingerprint density at radius 2 is 1.69 bits per heavy atom. The number of para-hydroxylation sites is 1. The molecule has 0 bridgehead atoms. The quantitative estimate of drug-likeness (QED) is 0.252. The zero-order valence-electron chi connectivity index (χ0n) is 21.7. The standard InChI is InChI=1S/C28H25ClN4O5S/c1-16(34)33-21-12-8-6-10-19(21)25-26(30-28(32-31-25)39-15-17-9-5-7-11-20(17)29)38-27(33)24-22(36-3)13-18(35-2)14-23(24)37-4/h5-14,27H,15H2,1-4H3. The first-order valence-electron chi connectivity index (χ1n) is 11.9. The topological polar surface area (TPSA) is 95.9 Å². The van der Waals surface area contributed by atoms with E-state index < -0.39 is 6.23 Å². The lowest BCUT2D eigenvalue weighted by Gasteiger charge is -2.31. The summed E-state index contributed by atoms with van der Waals surface area (Å²) in [4.78, 5) is 19.4. The van der Waals surface area contributed by atoms with Crippen LogP contribution < -0.4 is 23.8 Å². The van der Waals surface area contributed by atoms with Crippen LogP contribution in [-0.4, -0.2) is 42.4 Å². The maximum absolute atomic E-state index is 13.2. The van der Waals surface area contributed by atoms with E-state index in [1.165, 1.54) is 37.8 Å². The summed E-state index contributed by atoms with van der Waals surface area (Å²) in [5.74, 6) is 1.85. The van der Waals surface area contributed by atoms with E-state index in [-0.39, 0.29) is 11.8 Å². The highest BCUT2D eigenvalue weighted by molar-refractivity contribution is 7.98. The van der Waals surface area contributed by atoms with Crippen LogP contribution in [0.5, 0.6) is 23.1 Å². The van der Waals surface area contributed by atoms with Gasteiger partial charge in [-0.2, -0.15) is 4.98 Å². The zero-order chi connectivity index (χ0) is 27.5. The van der Waals surface area contributed by atoms with Gasteiger partial charge in [0.2, 0.25) is 23.2 Å². The molecule has 0 fully saturated rings. The molecule has 0 N–H and O–H groups in total. The Morgan fingerprint density at radius 3 is 2.36 bits per heavy atom. The normalized spacial score (nSPS) is 14.0. The number of thioether (sulfide) groups is 1. The second kappa shape index (κ2) is 11.4. The van der Waals surface area contributed by atoms with E-state index in [9.17, 15) is 4.79 Å². The molecule has 5 rings (SSSR count). The number of hydrogen-bond donors (Lipinski definition) is 0. The van der Waals surface area contributed by atoms with E-state index in [0.717, 1.165) is 5.56 Å². The molecule has 3 aromatic carbocycles. The van der Waals surface area contributed by atoms with Gasteiger partial charge in [0.25, 0.3) is 0 Å². The summed E-state index contributed by atoms with van der Waals surface area (Å²) in [6, 6.07) is 18.4. The predicted octanol–water partition coefficient (Wildman–Crippen LogP) is 5.95. The fourth-order valence-corrected chi connectivity index (χ4v) is 5.40. The van der Waals surface area contributed by atoms with Crippen molar-refractivity contribution in [1.29, 1.82) is 0 Å². The molecule has 200 valence electrons. The van der Waals surface area contributed by atoms with Gasteiger partial charge in [0, 0.05) is 35.4 Å². The molecule has 0 aliphatic carbocycles. The smallest absolute Gasteiger partial charge is 0.247 e. The summed E-state index contributed by atoms with van der Waals surface area (Å²) in [5, 5.41) is 9.88. The van der Waals surface area contributed by atoms with E-state index in [2.05, 4.69) is 10.2 Å². The summed E-state index contributed by atoms with van der Waals surface area (Å²) in [5.41, 5.74) is 3.08. The summed E-state index contributed by atoms with van der Waals surface area (Å²) in [6.07, 6.45) is -1.00. The van der Waals surface area contributed by atoms with Crippen LogP contribution in [0.3, 0.4) is 0 Å². The predicted molar refractivity (Wildman–Crippen MR) is 149 cm³/mol. The number of ether oxygens (including phenoxy) is 4. The fourth-order valence-electron chi connectivity index (χ4n) is 4.34. The van der Waals surface area contributed by atoms with Gasteiger partial charge < -0.3 is 18.9 Å². The molecule has 9 nitrogen and oxygen atoms in total. The Labute approximate surface area is 235 Å². The van der Waals surface area contributed by atoms with E-state index in [1.54, 1.807) is 19.2 Å². The molecule has 4 aromatic rings. The first kappa shape index (κ1) is 26.6. The number of carbonyl (C=O) groups excluding carboxylic acids is 1. The van der Waals surface area contributed by atoms with Crippen LogP contribution in [0.1, 0.15) is 24.3 Å². The molecule has 0 saturated heterocycles. The highest BCUT2D eigenvalue weighted by atomic mass is 35.5. The molecule has 0 spiro atoms. The third-order valence-corrected chi connectivity index (χ3v) is 7.42. The number of carbonyl (C=O) groups is 1. The van der Waals surface area contributed by atoms with Crippen LogP contribution in [0.2, 0.25) is 5.02 Å². The first-order chi connectivity index (χ1) is 18.9. The van der Waals surface area contributed by atoms with Gasteiger partial charge in [0.05, 0.1) is 32.6 Å². The van der Waals surface area contributed by atoms with Crippen molar-refractivity contribution in [3.05, 3.63) is 76.8 Å². The number of anilines is 1. The van der Waals surface area contributed by atoms with Crippen molar-refractivity contribution in [1.82, 2.24) is 15.2 Å². The molecular weight excluding hydrogens is 540 g/mol. The molecule has 39 heavy (non-hydrogen) atoms. The second-order valence-corrected chi connectivity index (χ2v) is 9.80. The molecule has 1 aromatic heterocycles. The molecule has 1 amide bonds. The van der Waals surface area contributed by atoms with Crippen molar-refractivity contribution < 1.29 is 23.7 Å². The molecule has 11 heteroatoms. The van der Waals surface area contributed by atoms with Crippen molar-refractivity contribution in [2.24, 2.45) is 0 Å². The maximum atomic E-state index is 13.2. The number of hydrogen-bond acceptors (Lipinski definition) is 9. The average molecular weight is 565 g/mol. The van der Waals surface area contributed by atoms with Gasteiger partial charge >= 0.3 is 0 Å². The Morgan fingerprint density at radius 1 is 1.00 bits per heavy atom. The van der Waals surface area contributed by atoms with Crippen LogP contribution in [0, 0.1) is 0 Å². The molecule has 1 unspecified atom stereocenters. The first-order valence-corrected chi connectivity index (χ1v) is 13.3. The summed E-state index contributed by atoms with van der Waals surface area (Å²) in [6.45, 7) is 1.47.